The van der Waals surface area contributed by atoms with Gasteiger partial charge in [0.2, 0.25) is 0 Å². The van der Waals surface area contributed by atoms with Crippen molar-refractivity contribution in [2.45, 2.75) is 0 Å². The fourth-order valence-corrected chi connectivity index (χ4v) is 1.81. The zero-order valence-electron chi connectivity index (χ0n) is 12.1. The minimum absolute atomic E-state index is 0.120. The van der Waals surface area contributed by atoms with Crippen LogP contribution >= 0.6 is 0 Å². The smallest absolute Gasteiger partial charge is 0.270 e. The lowest BCUT2D eigenvalue weighted by Crippen LogP contribution is -2.31. The molecular weight excluding hydrogens is 270 g/mol. The van der Waals surface area contributed by atoms with Crippen LogP contribution in [0.2, 0.25) is 0 Å². The van der Waals surface area contributed by atoms with E-state index in [4.69, 9.17) is 15.2 Å². The number of hydrogen-bond acceptors (Lipinski definition) is 4. The maximum absolute atomic E-state index is 12.1. The van der Waals surface area contributed by atoms with Gasteiger partial charge in [-0.05, 0) is 30.3 Å². The van der Waals surface area contributed by atoms with Crippen molar-refractivity contribution < 1.29 is 14.3 Å². The Morgan fingerprint density at radius 3 is 2.52 bits per heavy atom. The van der Waals surface area contributed by atoms with Gasteiger partial charge in [-0.1, -0.05) is 0 Å². The number of rotatable bonds is 6. The minimum atomic E-state index is -0.120. The number of aromatic nitrogens is 1. The Morgan fingerprint density at radius 2 is 1.95 bits per heavy atom. The number of hydrogen-bond donors (Lipinski definition) is 2. The van der Waals surface area contributed by atoms with Crippen LogP contribution in [0.15, 0.2) is 36.5 Å². The molecule has 6 heteroatoms. The molecule has 0 radical (unpaired) electrons. The van der Waals surface area contributed by atoms with E-state index < -0.39 is 0 Å². The molecule has 2 aromatic rings. The molecule has 112 valence electrons. The first-order chi connectivity index (χ1) is 10.1. The van der Waals surface area contributed by atoms with Crippen LogP contribution in [0.4, 0.5) is 5.69 Å². The van der Waals surface area contributed by atoms with Crippen molar-refractivity contribution in [3.8, 4) is 11.5 Å². The van der Waals surface area contributed by atoms with Gasteiger partial charge in [-0.25, -0.2) is 0 Å². The van der Waals surface area contributed by atoms with E-state index in [1.807, 2.05) is 24.3 Å². The van der Waals surface area contributed by atoms with Gasteiger partial charge in [0.15, 0.2) is 0 Å². The Kier molecular flexibility index (Phi) is 4.71. The first-order valence-electron chi connectivity index (χ1n) is 6.56. The first kappa shape index (κ1) is 14.8. The number of benzene rings is 1. The van der Waals surface area contributed by atoms with Gasteiger partial charge < -0.3 is 25.1 Å². The largest absolute Gasteiger partial charge is 0.497 e. The van der Waals surface area contributed by atoms with Crippen LogP contribution in [0.25, 0.3) is 0 Å². The summed E-state index contributed by atoms with van der Waals surface area (Å²) < 4.78 is 10.7. The second-order valence-electron chi connectivity index (χ2n) is 4.60. The highest BCUT2D eigenvalue weighted by Gasteiger charge is 2.13. The molecule has 6 nitrogen and oxygen atoms in total. The lowest BCUT2D eigenvalue weighted by Gasteiger charge is -2.16. The first-order valence-corrected chi connectivity index (χ1v) is 6.56. The average Bonchev–Trinajstić information content (AvgIpc) is 2.93. The number of nitrogen functional groups attached to an aromatic ring is 1. The second-order valence-corrected chi connectivity index (χ2v) is 4.60. The molecule has 0 bridgehead atoms. The molecule has 2 rings (SSSR count). The molecule has 0 aliphatic carbocycles. The third-order valence-corrected chi connectivity index (χ3v) is 3.04. The molecule has 0 fully saturated rings. The number of ether oxygens (including phenoxy) is 2. The highest BCUT2D eigenvalue weighted by Crippen LogP contribution is 2.16. The van der Waals surface area contributed by atoms with Gasteiger partial charge in [-0.2, -0.15) is 0 Å². The van der Waals surface area contributed by atoms with Gasteiger partial charge in [0.25, 0.3) is 5.91 Å². The molecule has 3 N–H and O–H groups in total. The average molecular weight is 289 g/mol. The van der Waals surface area contributed by atoms with Gasteiger partial charge in [0, 0.05) is 18.9 Å². The van der Waals surface area contributed by atoms with Gasteiger partial charge in [0.1, 0.15) is 23.8 Å². The number of carbonyl (C=O) groups is 1. The summed E-state index contributed by atoms with van der Waals surface area (Å²) in [5.74, 6) is 1.39. The zero-order chi connectivity index (χ0) is 15.2. The SMILES string of the molecule is COc1ccc(OCCN(C)C(=O)c2cc(N)c[nH]2)cc1. The maximum atomic E-state index is 12.1. The summed E-state index contributed by atoms with van der Waals surface area (Å²) in [7, 11) is 3.33. The van der Waals surface area contributed by atoms with Gasteiger partial charge >= 0.3 is 0 Å². The minimum Gasteiger partial charge on any atom is -0.497 e. The number of H-pyrrole nitrogens is 1. The Morgan fingerprint density at radius 1 is 1.29 bits per heavy atom. The molecule has 0 saturated heterocycles. The Balaban J connectivity index is 1.80. The van der Waals surface area contributed by atoms with Crippen molar-refractivity contribution in [1.82, 2.24) is 9.88 Å². The number of amides is 1. The van der Waals surface area contributed by atoms with E-state index in [-0.39, 0.29) is 5.91 Å². The number of nitrogens with two attached hydrogens (primary N) is 1. The van der Waals surface area contributed by atoms with Crippen LogP contribution < -0.4 is 15.2 Å². The highest BCUT2D eigenvalue weighted by atomic mass is 16.5. The lowest BCUT2D eigenvalue weighted by atomic mass is 10.3. The number of carbonyl (C=O) groups excluding carboxylic acids is 1. The quantitative estimate of drug-likeness (QED) is 0.849. The molecule has 0 aliphatic rings. The number of nitrogens with one attached hydrogen (secondary N) is 1. The van der Waals surface area contributed by atoms with Crippen LogP contribution in [0.3, 0.4) is 0 Å². The third-order valence-electron chi connectivity index (χ3n) is 3.04. The number of likely N-dealkylation sites (N-methyl/N-ethyl adjacent to an activating group) is 1. The van der Waals surface area contributed by atoms with Gasteiger partial charge in [-0.3, -0.25) is 4.79 Å². The topological polar surface area (TPSA) is 80.6 Å². The molecular formula is C15H19N3O3. The van der Waals surface area contributed by atoms with Crippen molar-refractivity contribution >= 4 is 11.6 Å². The predicted octanol–water partition coefficient (Wildman–Crippen LogP) is 1.76. The monoisotopic (exact) mass is 289 g/mol. The predicted molar refractivity (Wildman–Crippen MR) is 80.7 cm³/mol. The number of nitrogens with zero attached hydrogens (tertiary/aromatic N) is 1. The summed E-state index contributed by atoms with van der Waals surface area (Å²) in [6.45, 7) is 0.883. The van der Waals surface area contributed by atoms with Crippen molar-refractivity contribution in [3.63, 3.8) is 0 Å². The summed E-state index contributed by atoms with van der Waals surface area (Å²) in [5.41, 5.74) is 6.59. The van der Waals surface area contributed by atoms with Crippen LogP contribution in [-0.2, 0) is 0 Å². The van der Waals surface area contributed by atoms with Gasteiger partial charge in [0.05, 0.1) is 13.7 Å². The fourth-order valence-electron chi connectivity index (χ4n) is 1.81. The molecule has 1 aromatic heterocycles. The molecule has 0 aliphatic heterocycles. The second kappa shape index (κ2) is 6.69. The third kappa shape index (κ3) is 3.92. The number of anilines is 1. The van der Waals surface area contributed by atoms with Crippen molar-refractivity contribution in [1.29, 1.82) is 0 Å². The van der Waals surface area contributed by atoms with Crippen LogP contribution in [0.1, 0.15) is 10.5 Å². The zero-order valence-corrected chi connectivity index (χ0v) is 12.1. The normalized spacial score (nSPS) is 10.2. The van der Waals surface area contributed by atoms with E-state index in [1.165, 1.54) is 0 Å². The van der Waals surface area contributed by atoms with Crippen LogP contribution in [-0.4, -0.2) is 43.1 Å². The fraction of sp³-hybridized carbons (Fsp3) is 0.267. The van der Waals surface area contributed by atoms with E-state index >= 15 is 0 Å². The maximum Gasteiger partial charge on any atom is 0.270 e. The molecule has 1 amide bonds. The molecule has 0 saturated carbocycles. The van der Waals surface area contributed by atoms with Gasteiger partial charge in [-0.15, -0.1) is 0 Å². The Bertz CT molecular complexity index is 592. The van der Waals surface area contributed by atoms with E-state index in [2.05, 4.69) is 4.98 Å². The van der Waals surface area contributed by atoms with E-state index in [0.29, 0.717) is 24.5 Å². The van der Waals surface area contributed by atoms with Crippen LogP contribution in [0.5, 0.6) is 11.5 Å². The van der Waals surface area contributed by atoms with E-state index in [9.17, 15) is 4.79 Å². The lowest BCUT2D eigenvalue weighted by molar-refractivity contribution is 0.0768. The molecule has 1 aromatic carbocycles. The summed E-state index contributed by atoms with van der Waals surface area (Å²) in [6, 6.07) is 8.92. The van der Waals surface area contributed by atoms with Crippen LogP contribution in [0, 0.1) is 0 Å². The summed E-state index contributed by atoms with van der Waals surface area (Å²) in [5, 5.41) is 0. The summed E-state index contributed by atoms with van der Waals surface area (Å²) in [4.78, 5) is 16.5. The highest BCUT2D eigenvalue weighted by molar-refractivity contribution is 5.93. The molecule has 0 unspecified atom stereocenters. The number of methoxy groups -OCH3 is 1. The summed E-state index contributed by atoms with van der Waals surface area (Å²) >= 11 is 0. The summed E-state index contributed by atoms with van der Waals surface area (Å²) in [6.07, 6.45) is 1.59. The standard InChI is InChI=1S/C15H19N3O3/c1-18(15(19)14-9-11(16)10-17-14)7-8-21-13-5-3-12(20-2)4-6-13/h3-6,9-10,17H,7-8,16H2,1-2H3. The Labute approximate surface area is 123 Å². The molecule has 0 atom stereocenters. The number of aromatic amines is 1. The van der Waals surface area contributed by atoms with E-state index in [1.54, 1.807) is 31.3 Å². The molecule has 21 heavy (non-hydrogen) atoms. The molecule has 1 heterocycles. The van der Waals surface area contributed by atoms with Crippen molar-refractivity contribution in [2.24, 2.45) is 0 Å². The molecule has 0 spiro atoms. The van der Waals surface area contributed by atoms with Crippen molar-refractivity contribution in [2.75, 3.05) is 33.0 Å². The van der Waals surface area contributed by atoms with E-state index in [0.717, 1.165) is 11.5 Å². The van der Waals surface area contributed by atoms with Crippen molar-refractivity contribution in [3.05, 3.63) is 42.2 Å². The Hall–Kier alpha value is -2.63.